The summed E-state index contributed by atoms with van der Waals surface area (Å²) in [6.07, 6.45) is 0. The predicted molar refractivity (Wildman–Crippen MR) is 66.3 cm³/mol. The van der Waals surface area contributed by atoms with Gasteiger partial charge < -0.3 is 0 Å². The predicted octanol–water partition coefficient (Wildman–Crippen LogP) is 0.965. The summed E-state index contributed by atoms with van der Waals surface area (Å²) in [6, 6.07) is 15.5. The molecule has 0 unspecified atom stereocenters. The van der Waals surface area contributed by atoms with Crippen LogP contribution in [0.25, 0.3) is 0 Å². The van der Waals surface area contributed by atoms with Gasteiger partial charge in [-0.15, -0.1) is 0 Å². The Hall–Kier alpha value is -2.36. The van der Waals surface area contributed by atoms with E-state index in [2.05, 4.69) is 10.3 Å². The minimum Gasteiger partial charge on any atom is -0.290 e. The van der Waals surface area contributed by atoms with Crippen LogP contribution in [0.1, 0.15) is 0 Å². The number of halogens is 1. The van der Waals surface area contributed by atoms with Gasteiger partial charge in [0.25, 0.3) is 0 Å². The van der Waals surface area contributed by atoms with E-state index >= 15 is 0 Å². The van der Waals surface area contributed by atoms with E-state index in [0.29, 0.717) is 5.96 Å². The lowest BCUT2D eigenvalue weighted by atomic mass is 10.3. The number of para-hydroxylation sites is 1. The van der Waals surface area contributed by atoms with E-state index in [1.165, 1.54) is 12.1 Å². The van der Waals surface area contributed by atoms with Crippen molar-refractivity contribution in [1.82, 2.24) is 0 Å². The maximum absolute atomic E-state index is 12.7. The summed E-state index contributed by atoms with van der Waals surface area (Å²) >= 11 is 0. The van der Waals surface area contributed by atoms with Crippen LogP contribution in [0.4, 0.5) is 15.8 Å². The Balaban J connectivity index is 2.09. The molecule has 0 amide bonds. The number of hydrogen-bond acceptors (Lipinski definition) is 0. The van der Waals surface area contributed by atoms with Crippen LogP contribution in [-0.2, 0) is 0 Å². The van der Waals surface area contributed by atoms with Crippen LogP contribution < -0.4 is 16.0 Å². The molecule has 0 aliphatic rings. The highest BCUT2D eigenvalue weighted by Gasteiger charge is 2.01. The molecule has 0 saturated carbocycles. The van der Waals surface area contributed by atoms with Gasteiger partial charge in [-0.05, 0) is 36.4 Å². The van der Waals surface area contributed by atoms with Gasteiger partial charge in [0.2, 0.25) is 0 Å². The number of rotatable bonds is 2. The molecular weight excluding hydrogens is 217 g/mol. The first-order valence-corrected chi connectivity index (χ1v) is 5.21. The fourth-order valence-electron chi connectivity index (χ4n) is 1.40. The third kappa shape index (κ3) is 3.31. The number of anilines is 1. The second-order valence-electron chi connectivity index (χ2n) is 3.54. The lowest BCUT2D eigenvalue weighted by Crippen LogP contribution is -2.71. The van der Waals surface area contributed by atoms with Crippen molar-refractivity contribution >= 4 is 17.3 Å². The Kier molecular flexibility index (Phi) is 3.35. The molecule has 2 aromatic rings. The van der Waals surface area contributed by atoms with Crippen LogP contribution in [0.5, 0.6) is 0 Å². The van der Waals surface area contributed by atoms with Gasteiger partial charge in [-0.25, -0.2) is 14.7 Å². The molecule has 0 radical (unpaired) electrons. The van der Waals surface area contributed by atoms with E-state index in [1.807, 2.05) is 30.3 Å². The van der Waals surface area contributed by atoms with Gasteiger partial charge in [-0.3, -0.25) is 5.73 Å². The van der Waals surface area contributed by atoms with Crippen LogP contribution in [0.3, 0.4) is 0 Å². The van der Waals surface area contributed by atoms with Crippen LogP contribution >= 0.6 is 0 Å². The molecule has 0 spiro atoms. The molecule has 2 aromatic carbocycles. The topological polar surface area (TPSA) is 52.0 Å². The van der Waals surface area contributed by atoms with E-state index < -0.39 is 0 Å². The zero-order chi connectivity index (χ0) is 12.1. The average molecular weight is 230 g/mol. The Morgan fingerprint density at radius 1 is 1.00 bits per heavy atom. The van der Waals surface area contributed by atoms with Gasteiger partial charge in [0.15, 0.2) is 0 Å². The number of nitrogens with one attached hydrogen (secondary N) is 2. The maximum Gasteiger partial charge on any atom is 0.350 e. The number of nitrogens with two attached hydrogens (primary N) is 1. The molecule has 17 heavy (non-hydrogen) atoms. The third-order valence-corrected chi connectivity index (χ3v) is 2.18. The lowest BCUT2D eigenvalue weighted by Gasteiger charge is -1.98. The first kappa shape index (κ1) is 11.1. The average Bonchev–Trinajstić information content (AvgIpc) is 2.33. The van der Waals surface area contributed by atoms with Crippen molar-refractivity contribution in [3.05, 3.63) is 60.4 Å². The van der Waals surface area contributed by atoms with Crippen molar-refractivity contribution in [3.63, 3.8) is 0 Å². The molecule has 0 aliphatic heterocycles. The zero-order valence-corrected chi connectivity index (χ0v) is 9.15. The minimum atomic E-state index is -0.273. The van der Waals surface area contributed by atoms with E-state index in [1.54, 1.807) is 12.1 Å². The SMILES string of the molecule is NC(Nc1ccccc1)=[NH+]c1ccc(F)cc1. The van der Waals surface area contributed by atoms with E-state index in [0.717, 1.165) is 11.4 Å². The van der Waals surface area contributed by atoms with Crippen molar-refractivity contribution < 1.29 is 9.38 Å². The van der Waals surface area contributed by atoms with Gasteiger partial charge in [-0.2, -0.15) is 0 Å². The third-order valence-electron chi connectivity index (χ3n) is 2.18. The zero-order valence-electron chi connectivity index (χ0n) is 9.15. The molecule has 3 nitrogen and oxygen atoms in total. The molecule has 0 atom stereocenters. The van der Waals surface area contributed by atoms with Gasteiger partial charge >= 0.3 is 5.96 Å². The highest BCUT2D eigenvalue weighted by atomic mass is 19.1. The maximum atomic E-state index is 12.7. The van der Waals surface area contributed by atoms with Crippen molar-refractivity contribution in [2.24, 2.45) is 5.73 Å². The summed E-state index contributed by atoms with van der Waals surface area (Å²) in [6.45, 7) is 0. The van der Waals surface area contributed by atoms with Crippen LogP contribution in [0.15, 0.2) is 54.6 Å². The van der Waals surface area contributed by atoms with Crippen molar-refractivity contribution in [2.45, 2.75) is 0 Å². The van der Waals surface area contributed by atoms with Gasteiger partial charge in [-0.1, -0.05) is 18.2 Å². The lowest BCUT2D eigenvalue weighted by molar-refractivity contribution is -0.354. The van der Waals surface area contributed by atoms with Crippen molar-refractivity contribution in [3.8, 4) is 0 Å². The molecule has 0 aliphatic carbocycles. The monoisotopic (exact) mass is 230 g/mol. The van der Waals surface area contributed by atoms with Crippen LogP contribution in [0.2, 0.25) is 0 Å². The molecule has 0 fully saturated rings. The molecule has 0 aromatic heterocycles. The molecule has 86 valence electrons. The van der Waals surface area contributed by atoms with Crippen molar-refractivity contribution in [1.29, 1.82) is 0 Å². The van der Waals surface area contributed by atoms with Crippen LogP contribution in [-0.4, -0.2) is 5.96 Å². The normalized spacial score (nSPS) is 11.2. The first-order valence-electron chi connectivity index (χ1n) is 5.21. The second-order valence-corrected chi connectivity index (χ2v) is 3.54. The summed E-state index contributed by atoms with van der Waals surface area (Å²) in [5.41, 5.74) is 7.39. The molecular formula is C13H13FN3+. The first-order chi connectivity index (χ1) is 8.24. The Morgan fingerprint density at radius 2 is 1.65 bits per heavy atom. The number of benzene rings is 2. The minimum absolute atomic E-state index is 0.273. The molecule has 0 heterocycles. The Morgan fingerprint density at radius 3 is 2.29 bits per heavy atom. The number of guanidine groups is 1. The fraction of sp³-hybridized carbons (Fsp3) is 0. The van der Waals surface area contributed by atoms with Crippen LogP contribution in [0, 0.1) is 5.82 Å². The van der Waals surface area contributed by atoms with E-state index in [9.17, 15) is 4.39 Å². The standard InChI is InChI=1S/C13H12FN3/c14-10-6-8-12(9-7-10)17-13(15)16-11-4-2-1-3-5-11/h1-9H,(H3,15,16,17)/p+1. The number of hydrogen-bond donors (Lipinski definition) is 3. The van der Waals surface area contributed by atoms with E-state index in [4.69, 9.17) is 5.73 Å². The summed E-state index contributed by atoms with van der Waals surface area (Å²) in [4.78, 5) is 2.93. The highest BCUT2D eigenvalue weighted by molar-refractivity contribution is 5.88. The fourth-order valence-corrected chi connectivity index (χ4v) is 1.40. The van der Waals surface area contributed by atoms with Gasteiger partial charge in [0, 0.05) is 0 Å². The van der Waals surface area contributed by atoms with Gasteiger partial charge in [0.1, 0.15) is 5.82 Å². The summed E-state index contributed by atoms with van der Waals surface area (Å²) in [5.74, 6) is 0.118. The van der Waals surface area contributed by atoms with Gasteiger partial charge in [0.05, 0.1) is 11.4 Å². The van der Waals surface area contributed by atoms with Crippen molar-refractivity contribution in [2.75, 3.05) is 5.32 Å². The molecule has 4 heteroatoms. The molecule has 0 bridgehead atoms. The smallest absolute Gasteiger partial charge is 0.290 e. The summed E-state index contributed by atoms with van der Waals surface area (Å²) < 4.78 is 12.7. The molecule has 4 N–H and O–H groups in total. The van der Waals surface area contributed by atoms with E-state index in [-0.39, 0.29) is 5.82 Å². The Labute approximate surface area is 98.8 Å². The quantitative estimate of drug-likeness (QED) is 0.532. The molecule has 2 rings (SSSR count). The molecule has 0 saturated heterocycles. The largest absolute Gasteiger partial charge is 0.350 e. The summed E-state index contributed by atoms with van der Waals surface area (Å²) in [7, 11) is 0. The second kappa shape index (κ2) is 5.12. The highest BCUT2D eigenvalue weighted by Crippen LogP contribution is 2.03. The summed E-state index contributed by atoms with van der Waals surface area (Å²) in [5, 5.41) is 2.99. The Bertz CT molecular complexity index is 506.